The summed E-state index contributed by atoms with van der Waals surface area (Å²) >= 11 is 3.56. The first kappa shape index (κ1) is 25.3. The summed E-state index contributed by atoms with van der Waals surface area (Å²) in [5.41, 5.74) is 9.28. The first-order valence-corrected chi connectivity index (χ1v) is 12.3. The average molecular weight is 546 g/mol. The molecule has 0 aliphatic heterocycles. The first-order valence-electron chi connectivity index (χ1n) is 11.5. The maximum Gasteiger partial charge on any atom is 0.271 e. The molecule has 184 valence electrons. The Kier molecular flexibility index (Phi) is 7.90. The standard InChI is InChI=1S/C29H28BrN3O3/c1-19-8-12-22(13-9-19)18-36-28-16-26(30)24(15-27(28)35-4)17-31-32-29(34)23-6-5-7-25(14-23)33-20(2)10-11-21(33)3/h5-17H,18H2,1-4H3,(H,32,34)/b31-17+. The number of nitrogens with zero attached hydrogens (tertiary/aromatic N) is 2. The molecule has 0 bridgehead atoms. The summed E-state index contributed by atoms with van der Waals surface area (Å²) in [6.07, 6.45) is 1.57. The van der Waals surface area contributed by atoms with Gasteiger partial charge in [0.2, 0.25) is 0 Å². The van der Waals surface area contributed by atoms with Crippen molar-refractivity contribution < 1.29 is 14.3 Å². The minimum Gasteiger partial charge on any atom is -0.493 e. The van der Waals surface area contributed by atoms with Gasteiger partial charge in [-0.3, -0.25) is 4.79 Å². The molecule has 0 saturated heterocycles. The second kappa shape index (κ2) is 11.3. The number of halogens is 1. The molecule has 1 amide bonds. The van der Waals surface area contributed by atoms with Gasteiger partial charge in [-0.2, -0.15) is 5.10 Å². The largest absolute Gasteiger partial charge is 0.493 e. The number of hydrazone groups is 1. The van der Waals surface area contributed by atoms with Crippen LogP contribution in [0.1, 0.15) is 38.4 Å². The number of nitrogens with one attached hydrogen (secondary N) is 1. The van der Waals surface area contributed by atoms with Crippen LogP contribution >= 0.6 is 15.9 Å². The van der Waals surface area contributed by atoms with E-state index in [1.54, 1.807) is 19.4 Å². The van der Waals surface area contributed by atoms with Gasteiger partial charge in [-0.05, 0) is 84.7 Å². The van der Waals surface area contributed by atoms with Crippen LogP contribution in [0.25, 0.3) is 5.69 Å². The third-order valence-corrected chi connectivity index (χ3v) is 6.49. The molecule has 4 aromatic rings. The van der Waals surface area contributed by atoms with Crippen LogP contribution in [0.5, 0.6) is 11.5 Å². The Morgan fingerprint density at radius 2 is 1.69 bits per heavy atom. The highest BCUT2D eigenvalue weighted by molar-refractivity contribution is 9.10. The molecule has 7 heteroatoms. The van der Waals surface area contributed by atoms with Gasteiger partial charge >= 0.3 is 0 Å². The summed E-state index contributed by atoms with van der Waals surface area (Å²) < 4.78 is 14.4. The fraction of sp³-hybridized carbons (Fsp3) is 0.172. The van der Waals surface area contributed by atoms with Gasteiger partial charge in [-0.25, -0.2) is 5.43 Å². The topological polar surface area (TPSA) is 64.8 Å². The highest BCUT2D eigenvalue weighted by Gasteiger charge is 2.11. The zero-order valence-corrected chi connectivity index (χ0v) is 22.3. The number of methoxy groups -OCH3 is 1. The molecule has 0 aliphatic carbocycles. The van der Waals surface area contributed by atoms with Crippen LogP contribution < -0.4 is 14.9 Å². The van der Waals surface area contributed by atoms with Gasteiger partial charge in [0.15, 0.2) is 11.5 Å². The van der Waals surface area contributed by atoms with Crippen molar-refractivity contribution in [1.29, 1.82) is 0 Å². The minimum atomic E-state index is -0.295. The lowest BCUT2D eigenvalue weighted by Gasteiger charge is -2.13. The Morgan fingerprint density at radius 3 is 2.39 bits per heavy atom. The van der Waals surface area contributed by atoms with E-state index in [9.17, 15) is 4.79 Å². The molecular weight excluding hydrogens is 518 g/mol. The molecule has 0 fully saturated rings. The van der Waals surface area contributed by atoms with E-state index in [2.05, 4.69) is 62.2 Å². The SMILES string of the molecule is COc1cc(/C=N/NC(=O)c2cccc(-n3c(C)ccc3C)c2)c(Br)cc1OCc1ccc(C)cc1. The van der Waals surface area contributed by atoms with Crippen LogP contribution in [0.4, 0.5) is 0 Å². The quantitative estimate of drug-likeness (QED) is 0.202. The predicted octanol–water partition coefficient (Wildman–Crippen LogP) is 6.52. The Hall–Kier alpha value is -3.84. The maximum atomic E-state index is 12.7. The monoisotopic (exact) mass is 545 g/mol. The minimum absolute atomic E-state index is 0.295. The van der Waals surface area contributed by atoms with E-state index in [1.807, 2.05) is 56.3 Å². The lowest BCUT2D eigenvalue weighted by Crippen LogP contribution is -2.18. The molecular formula is C29H28BrN3O3. The Morgan fingerprint density at radius 1 is 0.972 bits per heavy atom. The van der Waals surface area contributed by atoms with Gasteiger partial charge in [0, 0.05) is 32.7 Å². The highest BCUT2D eigenvalue weighted by atomic mass is 79.9. The third kappa shape index (κ3) is 5.86. The number of carbonyl (C=O) groups excluding carboxylic acids is 1. The fourth-order valence-corrected chi connectivity index (χ4v) is 4.28. The van der Waals surface area contributed by atoms with Crippen molar-refractivity contribution in [2.24, 2.45) is 5.10 Å². The molecule has 0 unspecified atom stereocenters. The number of aromatic nitrogens is 1. The predicted molar refractivity (Wildman–Crippen MR) is 147 cm³/mol. The fourth-order valence-electron chi connectivity index (χ4n) is 3.85. The molecule has 1 N–H and O–H groups in total. The van der Waals surface area contributed by atoms with E-state index in [0.717, 1.165) is 32.7 Å². The number of ether oxygens (including phenoxy) is 2. The Balaban J connectivity index is 1.45. The van der Waals surface area contributed by atoms with Crippen molar-refractivity contribution in [1.82, 2.24) is 9.99 Å². The van der Waals surface area contributed by atoms with Crippen molar-refractivity contribution >= 4 is 28.1 Å². The van der Waals surface area contributed by atoms with Crippen molar-refractivity contribution in [3.05, 3.63) is 111 Å². The summed E-state index contributed by atoms with van der Waals surface area (Å²) in [6.45, 7) is 6.55. The average Bonchev–Trinajstić information content (AvgIpc) is 3.22. The van der Waals surface area contributed by atoms with E-state index in [-0.39, 0.29) is 5.91 Å². The molecule has 0 atom stereocenters. The zero-order chi connectivity index (χ0) is 25.7. The summed E-state index contributed by atoms with van der Waals surface area (Å²) in [6, 6.07) is 23.4. The summed E-state index contributed by atoms with van der Waals surface area (Å²) in [7, 11) is 1.59. The number of hydrogen-bond acceptors (Lipinski definition) is 4. The van der Waals surface area contributed by atoms with E-state index in [1.165, 1.54) is 5.56 Å². The molecule has 1 aromatic heterocycles. The number of amides is 1. The first-order chi connectivity index (χ1) is 17.4. The molecule has 0 saturated carbocycles. The second-order valence-electron chi connectivity index (χ2n) is 8.50. The van der Waals surface area contributed by atoms with Gasteiger partial charge in [0.1, 0.15) is 6.61 Å². The van der Waals surface area contributed by atoms with E-state index >= 15 is 0 Å². The van der Waals surface area contributed by atoms with E-state index in [4.69, 9.17) is 9.47 Å². The molecule has 36 heavy (non-hydrogen) atoms. The van der Waals surface area contributed by atoms with Gasteiger partial charge in [0.05, 0.1) is 13.3 Å². The number of rotatable bonds is 8. The van der Waals surface area contributed by atoms with E-state index in [0.29, 0.717) is 23.7 Å². The van der Waals surface area contributed by atoms with Crippen LogP contribution in [0, 0.1) is 20.8 Å². The van der Waals surface area contributed by atoms with Gasteiger partial charge in [0.25, 0.3) is 5.91 Å². The van der Waals surface area contributed by atoms with Crippen LogP contribution in [0.15, 0.2) is 82.4 Å². The molecule has 3 aromatic carbocycles. The highest BCUT2D eigenvalue weighted by Crippen LogP contribution is 2.33. The lowest BCUT2D eigenvalue weighted by molar-refractivity contribution is 0.0955. The van der Waals surface area contributed by atoms with Gasteiger partial charge in [-0.1, -0.05) is 35.9 Å². The van der Waals surface area contributed by atoms with Gasteiger partial charge < -0.3 is 14.0 Å². The molecule has 6 nitrogen and oxygen atoms in total. The molecule has 0 spiro atoms. The van der Waals surface area contributed by atoms with Crippen LogP contribution in [-0.4, -0.2) is 23.8 Å². The Labute approximate surface area is 219 Å². The second-order valence-corrected chi connectivity index (χ2v) is 9.35. The molecule has 4 rings (SSSR count). The van der Waals surface area contributed by atoms with Crippen molar-refractivity contribution in [3.8, 4) is 17.2 Å². The third-order valence-electron chi connectivity index (χ3n) is 5.81. The molecule has 0 aliphatic rings. The summed E-state index contributed by atoms with van der Waals surface area (Å²) in [5, 5.41) is 4.16. The van der Waals surface area contributed by atoms with Crippen molar-refractivity contribution in [3.63, 3.8) is 0 Å². The van der Waals surface area contributed by atoms with E-state index < -0.39 is 0 Å². The number of benzene rings is 3. The zero-order valence-electron chi connectivity index (χ0n) is 20.7. The molecule has 1 heterocycles. The maximum absolute atomic E-state index is 12.7. The smallest absolute Gasteiger partial charge is 0.271 e. The van der Waals surface area contributed by atoms with Crippen LogP contribution in [0.3, 0.4) is 0 Å². The number of carbonyl (C=O) groups is 1. The summed E-state index contributed by atoms with van der Waals surface area (Å²) in [4.78, 5) is 12.7. The van der Waals surface area contributed by atoms with Crippen LogP contribution in [-0.2, 0) is 6.61 Å². The van der Waals surface area contributed by atoms with Crippen molar-refractivity contribution in [2.75, 3.05) is 7.11 Å². The van der Waals surface area contributed by atoms with Crippen LogP contribution in [0.2, 0.25) is 0 Å². The number of aryl methyl sites for hydroxylation is 3. The Bertz CT molecular complexity index is 1390. The summed E-state index contributed by atoms with van der Waals surface area (Å²) in [5.74, 6) is 0.888. The molecule has 0 radical (unpaired) electrons. The van der Waals surface area contributed by atoms with Gasteiger partial charge in [-0.15, -0.1) is 0 Å². The normalized spacial score (nSPS) is 11.0. The van der Waals surface area contributed by atoms with Crippen molar-refractivity contribution in [2.45, 2.75) is 27.4 Å². The lowest BCUT2D eigenvalue weighted by atomic mass is 10.1. The number of hydrogen-bond donors (Lipinski definition) is 1.